The van der Waals surface area contributed by atoms with E-state index in [-0.39, 0.29) is 5.56 Å². The van der Waals surface area contributed by atoms with E-state index in [0.29, 0.717) is 5.69 Å². The van der Waals surface area contributed by atoms with Crippen molar-refractivity contribution in [2.24, 2.45) is 0 Å². The number of rotatable bonds is 2. The summed E-state index contributed by atoms with van der Waals surface area (Å²) in [5, 5.41) is 1.04. The lowest BCUT2D eigenvalue weighted by atomic mass is 10.1. The predicted octanol–water partition coefficient (Wildman–Crippen LogP) is 4.68. The van der Waals surface area contributed by atoms with Crippen molar-refractivity contribution in [3.8, 4) is 0 Å². The lowest BCUT2D eigenvalue weighted by molar-refractivity contribution is 0.507. The summed E-state index contributed by atoms with van der Waals surface area (Å²) in [7, 11) is 0. The molecule has 0 atom stereocenters. The summed E-state index contributed by atoms with van der Waals surface area (Å²) in [4.78, 5) is 4.44. The average molecular weight is 267 g/mol. The van der Waals surface area contributed by atoms with Gasteiger partial charge in [0.2, 0.25) is 0 Å². The maximum atomic E-state index is 13.5. The molecule has 98 valence electrons. The van der Waals surface area contributed by atoms with Gasteiger partial charge >= 0.3 is 0 Å². The Bertz CT molecular complexity index is 794. The Labute approximate surface area is 115 Å². The number of nitrogens with zero attached hydrogens (tertiary/aromatic N) is 1. The number of benzene rings is 2. The van der Waals surface area contributed by atoms with Gasteiger partial charge in [-0.05, 0) is 30.4 Å². The number of hydrogen-bond donors (Lipinski definition) is 0. The quantitative estimate of drug-likeness (QED) is 0.656. The molecule has 20 heavy (non-hydrogen) atoms. The second-order valence-electron chi connectivity index (χ2n) is 4.41. The van der Waals surface area contributed by atoms with Crippen LogP contribution in [0.3, 0.4) is 0 Å². The molecule has 0 aliphatic rings. The number of hydrogen-bond acceptors (Lipinski definition) is 1. The van der Waals surface area contributed by atoms with Gasteiger partial charge in [0.15, 0.2) is 11.6 Å². The van der Waals surface area contributed by atoms with Crippen molar-refractivity contribution < 1.29 is 8.78 Å². The van der Waals surface area contributed by atoms with Gasteiger partial charge in [-0.15, -0.1) is 0 Å². The summed E-state index contributed by atoms with van der Waals surface area (Å²) in [6.07, 6.45) is 3.19. The van der Waals surface area contributed by atoms with E-state index < -0.39 is 11.6 Å². The van der Waals surface area contributed by atoms with Crippen LogP contribution in [0, 0.1) is 11.6 Å². The van der Waals surface area contributed by atoms with Crippen LogP contribution in [0.5, 0.6) is 0 Å². The molecule has 0 bridgehead atoms. The molecule has 0 amide bonds. The molecule has 0 saturated carbocycles. The third-order valence-electron chi connectivity index (χ3n) is 3.04. The fourth-order valence-electron chi connectivity index (χ4n) is 2.00. The van der Waals surface area contributed by atoms with Crippen LogP contribution in [0.1, 0.15) is 11.3 Å². The maximum Gasteiger partial charge on any atom is 0.166 e. The molecule has 0 unspecified atom stereocenters. The Morgan fingerprint density at radius 3 is 2.55 bits per heavy atom. The van der Waals surface area contributed by atoms with Crippen LogP contribution in [0.25, 0.3) is 23.1 Å². The van der Waals surface area contributed by atoms with Gasteiger partial charge in [-0.3, -0.25) is 0 Å². The Balaban J connectivity index is 1.96. The van der Waals surface area contributed by atoms with Gasteiger partial charge in [0.1, 0.15) is 0 Å². The van der Waals surface area contributed by atoms with Gasteiger partial charge in [-0.25, -0.2) is 13.8 Å². The van der Waals surface area contributed by atoms with Crippen LogP contribution in [-0.2, 0) is 0 Å². The third kappa shape index (κ3) is 2.43. The van der Waals surface area contributed by atoms with E-state index in [1.807, 2.05) is 36.4 Å². The predicted molar refractivity (Wildman–Crippen MR) is 77.0 cm³/mol. The Morgan fingerprint density at radius 2 is 1.65 bits per heavy atom. The maximum absolute atomic E-state index is 13.5. The molecule has 0 radical (unpaired) electrons. The first-order valence-electron chi connectivity index (χ1n) is 6.22. The summed E-state index contributed by atoms with van der Waals surface area (Å²) >= 11 is 0. The summed E-state index contributed by atoms with van der Waals surface area (Å²) in [5.41, 5.74) is 1.78. The summed E-state index contributed by atoms with van der Waals surface area (Å²) < 4.78 is 26.6. The highest BCUT2D eigenvalue weighted by atomic mass is 19.2. The highest BCUT2D eigenvalue weighted by Gasteiger charge is 2.04. The molecule has 3 heteroatoms. The van der Waals surface area contributed by atoms with E-state index in [9.17, 15) is 8.78 Å². The van der Waals surface area contributed by atoms with Crippen molar-refractivity contribution in [2.45, 2.75) is 0 Å². The fourth-order valence-corrected chi connectivity index (χ4v) is 2.00. The van der Waals surface area contributed by atoms with Crippen LogP contribution in [0.4, 0.5) is 8.78 Å². The minimum atomic E-state index is -0.848. The molecule has 2 aromatic carbocycles. The molecule has 0 fully saturated rings. The van der Waals surface area contributed by atoms with Crippen LogP contribution < -0.4 is 0 Å². The molecule has 0 aliphatic carbocycles. The van der Waals surface area contributed by atoms with E-state index >= 15 is 0 Å². The Morgan fingerprint density at radius 1 is 0.800 bits per heavy atom. The molecule has 1 aromatic heterocycles. The summed E-state index contributed by atoms with van der Waals surface area (Å²) in [6, 6.07) is 15.6. The molecule has 0 N–H and O–H groups in total. The number of pyridine rings is 1. The summed E-state index contributed by atoms with van der Waals surface area (Å²) in [5.74, 6) is -1.69. The van der Waals surface area contributed by atoms with E-state index in [1.54, 1.807) is 6.08 Å². The van der Waals surface area contributed by atoms with Crippen LogP contribution >= 0.6 is 0 Å². The molecular formula is C17H11F2N. The van der Waals surface area contributed by atoms with Crippen LogP contribution in [0.2, 0.25) is 0 Å². The van der Waals surface area contributed by atoms with Gasteiger partial charge in [-0.1, -0.05) is 36.4 Å². The average Bonchev–Trinajstić information content (AvgIpc) is 2.48. The highest BCUT2D eigenvalue weighted by molar-refractivity contribution is 5.80. The number of para-hydroxylation sites is 1. The Kier molecular flexibility index (Phi) is 3.25. The second-order valence-corrected chi connectivity index (χ2v) is 4.41. The van der Waals surface area contributed by atoms with E-state index in [0.717, 1.165) is 17.0 Å². The SMILES string of the molecule is Fc1cccc(/C=C/c2ccc3ccccc3n2)c1F. The van der Waals surface area contributed by atoms with E-state index in [1.165, 1.54) is 18.2 Å². The van der Waals surface area contributed by atoms with Crippen molar-refractivity contribution in [3.63, 3.8) is 0 Å². The minimum absolute atomic E-state index is 0.208. The largest absolute Gasteiger partial charge is 0.248 e. The van der Waals surface area contributed by atoms with Gasteiger partial charge in [0.25, 0.3) is 0 Å². The molecule has 0 saturated heterocycles. The lowest BCUT2D eigenvalue weighted by Gasteiger charge is -1.99. The fraction of sp³-hybridized carbons (Fsp3) is 0. The molecule has 1 nitrogen and oxygen atoms in total. The zero-order chi connectivity index (χ0) is 13.9. The van der Waals surface area contributed by atoms with Crippen LogP contribution in [0.15, 0.2) is 54.6 Å². The van der Waals surface area contributed by atoms with E-state index in [2.05, 4.69) is 4.98 Å². The molecule has 3 rings (SSSR count). The number of aromatic nitrogens is 1. The monoisotopic (exact) mass is 267 g/mol. The zero-order valence-electron chi connectivity index (χ0n) is 10.6. The third-order valence-corrected chi connectivity index (χ3v) is 3.04. The van der Waals surface area contributed by atoms with Gasteiger partial charge in [0.05, 0.1) is 11.2 Å². The topological polar surface area (TPSA) is 12.9 Å². The molecule has 3 aromatic rings. The smallest absolute Gasteiger partial charge is 0.166 e. The second kappa shape index (κ2) is 5.21. The van der Waals surface area contributed by atoms with Crippen molar-refractivity contribution in [3.05, 3.63) is 77.5 Å². The van der Waals surface area contributed by atoms with Crippen LogP contribution in [-0.4, -0.2) is 4.98 Å². The van der Waals surface area contributed by atoms with Crippen molar-refractivity contribution >= 4 is 23.1 Å². The first-order chi connectivity index (χ1) is 9.74. The van der Waals surface area contributed by atoms with Gasteiger partial charge < -0.3 is 0 Å². The molecule has 1 heterocycles. The van der Waals surface area contributed by atoms with Crippen molar-refractivity contribution in [1.29, 1.82) is 0 Å². The minimum Gasteiger partial charge on any atom is -0.248 e. The zero-order valence-corrected chi connectivity index (χ0v) is 10.6. The normalized spacial score (nSPS) is 11.3. The van der Waals surface area contributed by atoms with Gasteiger partial charge in [0, 0.05) is 10.9 Å². The van der Waals surface area contributed by atoms with Gasteiger partial charge in [-0.2, -0.15) is 0 Å². The van der Waals surface area contributed by atoms with Crippen molar-refractivity contribution in [1.82, 2.24) is 4.98 Å². The first kappa shape index (κ1) is 12.5. The number of fused-ring (bicyclic) bond motifs is 1. The highest BCUT2D eigenvalue weighted by Crippen LogP contribution is 2.16. The summed E-state index contributed by atoms with van der Waals surface area (Å²) in [6.45, 7) is 0. The molecule has 0 spiro atoms. The van der Waals surface area contributed by atoms with E-state index in [4.69, 9.17) is 0 Å². The first-order valence-corrected chi connectivity index (χ1v) is 6.22. The standard InChI is InChI=1S/C17H11F2N/c18-15-6-3-5-13(17(15)19)9-11-14-10-8-12-4-1-2-7-16(12)20-14/h1-11H/b11-9+. The Hall–Kier alpha value is -2.55. The van der Waals surface area contributed by atoms with Crippen molar-refractivity contribution in [2.75, 3.05) is 0 Å². The number of halogens is 2. The lowest BCUT2D eigenvalue weighted by Crippen LogP contribution is -1.87. The molecule has 0 aliphatic heterocycles. The molecular weight excluding hydrogens is 256 g/mol.